The van der Waals surface area contributed by atoms with Crippen molar-refractivity contribution in [2.45, 2.75) is 13.8 Å². The molecule has 0 bridgehead atoms. The lowest BCUT2D eigenvalue weighted by atomic mass is 10.1. The molecule has 0 aliphatic rings. The Kier molecular flexibility index (Phi) is 4.28. The molecule has 0 atom stereocenters. The summed E-state index contributed by atoms with van der Waals surface area (Å²) in [6, 6.07) is 11.5. The van der Waals surface area contributed by atoms with Gasteiger partial charge in [-0.3, -0.25) is 4.79 Å². The van der Waals surface area contributed by atoms with E-state index in [0.29, 0.717) is 9.90 Å². The van der Waals surface area contributed by atoms with Crippen LogP contribution in [0.15, 0.2) is 36.4 Å². The molecule has 0 aliphatic heterocycles. The molecule has 0 saturated carbocycles. The molecule has 3 rings (SSSR count). The monoisotopic (exact) mass is 345 g/mol. The van der Waals surface area contributed by atoms with Gasteiger partial charge in [0.05, 0.1) is 12.1 Å². The zero-order valence-electron chi connectivity index (χ0n) is 13.1. The molecule has 2 aromatic carbocycles. The fourth-order valence-corrected chi connectivity index (χ4v) is 3.89. The Morgan fingerprint density at radius 1 is 1.17 bits per heavy atom. The first-order chi connectivity index (χ1) is 11.0. The Bertz CT molecular complexity index is 881. The molecule has 1 heterocycles. The maximum absolute atomic E-state index is 12.6. The maximum atomic E-state index is 12.6. The number of thiophene rings is 1. The van der Waals surface area contributed by atoms with Crippen molar-refractivity contribution in [1.82, 2.24) is 0 Å². The second-order valence-electron chi connectivity index (χ2n) is 5.33. The van der Waals surface area contributed by atoms with Gasteiger partial charge in [-0.15, -0.1) is 11.3 Å². The molecule has 5 heteroatoms. The van der Waals surface area contributed by atoms with Gasteiger partial charge in [0.25, 0.3) is 5.91 Å². The SMILES string of the molecule is COc1ccc2sc(C(=O)Nc3c(C)cccc3C)c(Cl)c2c1. The molecule has 0 unspecified atom stereocenters. The minimum absolute atomic E-state index is 0.187. The maximum Gasteiger partial charge on any atom is 0.267 e. The largest absolute Gasteiger partial charge is 0.497 e. The first-order valence-electron chi connectivity index (χ1n) is 7.15. The van der Waals surface area contributed by atoms with Crippen LogP contribution in [0.2, 0.25) is 5.02 Å². The summed E-state index contributed by atoms with van der Waals surface area (Å²) in [6.45, 7) is 3.94. The number of methoxy groups -OCH3 is 1. The van der Waals surface area contributed by atoms with Crippen molar-refractivity contribution >= 4 is 44.6 Å². The van der Waals surface area contributed by atoms with E-state index in [4.69, 9.17) is 16.3 Å². The summed E-state index contributed by atoms with van der Waals surface area (Å²) < 4.78 is 6.18. The molecule has 23 heavy (non-hydrogen) atoms. The van der Waals surface area contributed by atoms with Crippen LogP contribution in [0.25, 0.3) is 10.1 Å². The predicted molar refractivity (Wildman–Crippen MR) is 97.3 cm³/mol. The fraction of sp³-hybridized carbons (Fsp3) is 0.167. The van der Waals surface area contributed by atoms with Gasteiger partial charge < -0.3 is 10.1 Å². The van der Waals surface area contributed by atoms with E-state index in [0.717, 1.165) is 32.6 Å². The quantitative estimate of drug-likeness (QED) is 0.687. The van der Waals surface area contributed by atoms with E-state index in [1.165, 1.54) is 11.3 Å². The van der Waals surface area contributed by atoms with E-state index in [9.17, 15) is 4.79 Å². The summed E-state index contributed by atoms with van der Waals surface area (Å²) in [7, 11) is 1.61. The van der Waals surface area contributed by atoms with E-state index in [1.54, 1.807) is 7.11 Å². The molecule has 1 amide bonds. The Labute approximate surface area is 143 Å². The second-order valence-corrected chi connectivity index (χ2v) is 6.76. The summed E-state index contributed by atoms with van der Waals surface area (Å²) in [4.78, 5) is 13.2. The lowest BCUT2D eigenvalue weighted by molar-refractivity contribution is 0.103. The minimum atomic E-state index is -0.187. The standard InChI is InChI=1S/C18H16ClNO2S/c1-10-5-4-6-11(2)16(10)20-18(21)17-15(19)13-9-12(22-3)7-8-14(13)23-17/h4-9H,1-3H3,(H,20,21). The van der Waals surface area contributed by atoms with Crippen LogP contribution in [0.4, 0.5) is 5.69 Å². The number of hydrogen-bond donors (Lipinski definition) is 1. The van der Waals surface area contributed by atoms with Crippen molar-refractivity contribution in [3.63, 3.8) is 0 Å². The first kappa shape index (κ1) is 15.8. The van der Waals surface area contributed by atoms with Gasteiger partial charge in [0.1, 0.15) is 10.6 Å². The number of halogens is 1. The van der Waals surface area contributed by atoms with Crippen molar-refractivity contribution in [2.75, 3.05) is 12.4 Å². The number of nitrogens with one attached hydrogen (secondary N) is 1. The summed E-state index contributed by atoms with van der Waals surface area (Å²) in [5.74, 6) is 0.534. The number of hydrogen-bond acceptors (Lipinski definition) is 3. The number of carbonyl (C=O) groups excluding carboxylic acids is 1. The third-order valence-electron chi connectivity index (χ3n) is 3.76. The molecule has 0 fully saturated rings. The number of para-hydroxylation sites is 1. The van der Waals surface area contributed by atoms with Gasteiger partial charge in [0, 0.05) is 15.8 Å². The van der Waals surface area contributed by atoms with Crippen molar-refractivity contribution in [3.05, 3.63) is 57.4 Å². The van der Waals surface area contributed by atoms with Gasteiger partial charge in [-0.2, -0.15) is 0 Å². The molecule has 1 N–H and O–H groups in total. The highest BCUT2D eigenvalue weighted by Crippen LogP contribution is 2.37. The molecule has 0 saturated heterocycles. The van der Waals surface area contributed by atoms with Crippen LogP contribution in [-0.2, 0) is 0 Å². The van der Waals surface area contributed by atoms with Crippen LogP contribution in [0.5, 0.6) is 5.75 Å². The number of ether oxygens (including phenoxy) is 1. The van der Waals surface area contributed by atoms with Crippen molar-refractivity contribution < 1.29 is 9.53 Å². The topological polar surface area (TPSA) is 38.3 Å². The van der Waals surface area contributed by atoms with Crippen molar-refractivity contribution in [3.8, 4) is 5.75 Å². The smallest absolute Gasteiger partial charge is 0.267 e. The second kappa shape index (κ2) is 6.22. The minimum Gasteiger partial charge on any atom is -0.497 e. The number of amides is 1. The van der Waals surface area contributed by atoms with E-state index < -0.39 is 0 Å². The molecule has 3 nitrogen and oxygen atoms in total. The van der Waals surface area contributed by atoms with Crippen molar-refractivity contribution in [2.24, 2.45) is 0 Å². The van der Waals surface area contributed by atoms with E-state index in [-0.39, 0.29) is 5.91 Å². The molecule has 3 aromatic rings. The summed E-state index contributed by atoms with van der Waals surface area (Å²) in [5.41, 5.74) is 2.89. The number of fused-ring (bicyclic) bond motifs is 1. The van der Waals surface area contributed by atoms with Gasteiger partial charge in [-0.05, 0) is 43.2 Å². The zero-order valence-corrected chi connectivity index (χ0v) is 14.6. The number of aryl methyl sites for hydroxylation is 2. The van der Waals surface area contributed by atoms with Crippen LogP contribution in [0.1, 0.15) is 20.8 Å². The van der Waals surface area contributed by atoms with Crippen LogP contribution in [-0.4, -0.2) is 13.0 Å². The normalized spacial score (nSPS) is 10.8. The Morgan fingerprint density at radius 3 is 2.52 bits per heavy atom. The summed E-state index contributed by atoms with van der Waals surface area (Å²) in [5, 5.41) is 4.28. The third kappa shape index (κ3) is 2.92. The van der Waals surface area contributed by atoms with E-state index in [2.05, 4.69) is 5.32 Å². The lowest BCUT2D eigenvalue weighted by Crippen LogP contribution is -2.12. The summed E-state index contributed by atoms with van der Waals surface area (Å²) >= 11 is 7.80. The lowest BCUT2D eigenvalue weighted by Gasteiger charge is -2.10. The van der Waals surface area contributed by atoms with Gasteiger partial charge in [0.2, 0.25) is 0 Å². The highest BCUT2D eigenvalue weighted by atomic mass is 35.5. The van der Waals surface area contributed by atoms with Crippen LogP contribution in [0, 0.1) is 13.8 Å². The van der Waals surface area contributed by atoms with E-state index >= 15 is 0 Å². The Balaban J connectivity index is 2.00. The number of benzene rings is 2. The number of rotatable bonds is 3. The highest BCUT2D eigenvalue weighted by Gasteiger charge is 2.18. The average molecular weight is 346 g/mol. The zero-order chi connectivity index (χ0) is 16.6. The fourth-order valence-electron chi connectivity index (χ4n) is 2.50. The van der Waals surface area contributed by atoms with Gasteiger partial charge in [-0.1, -0.05) is 29.8 Å². The van der Waals surface area contributed by atoms with Gasteiger partial charge >= 0.3 is 0 Å². The molecule has 0 aliphatic carbocycles. The average Bonchev–Trinajstić information content (AvgIpc) is 2.87. The van der Waals surface area contributed by atoms with Crippen LogP contribution < -0.4 is 10.1 Å². The van der Waals surface area contributed by atoms with Crippen LogP contribution >= 0.6 is 22.9 Å². The van der Waals surface area contributed by atoms with Crippen molar-refractivity contribution in [1.29, 1.82) is 0 Å². The molecular formula is C18H16ClNO2S. The molecule has 0 spiro atoms. The third-order valence-corrected chi connectivity index (χ3v) is 5.43. The molecule has 118 valence electrons. The van der Waals surface area contributed by atoms with E-state index in [1.807, 2.05) is 50.2 Å². The first-order valence-corrected chi connectivity index (χ1v) is 8.34. The Hall–Kier alpha value is -2.04. The number of carbonyl (C=O) groups is 1. The Morgan fingerprint density at radius 2 is 1.87 bits per heavy atom. The predicted octanol–water partition coefficient (Wildman–Crippen LogP) is 5.43. The molecular weight excluding hydrogens is 330 g/mol. The van der Waals surface area contributed by atoms with Gasteiger partial charge in [0.15, 0.2) is 0 Å². The molecule has 1 aromatic heterocycles. The van der Waals surface area contributed by atoms with Gasteiger partial charge in [-0.25, -0.2) is 0 Å². The molecule has 0 radical (unpaired) electrons. The van der Waals surface area contributed by atoms with Crippen LogP contribution in [0.3, 0.4) is 0 Å². The summed E-state index contributed by atoms with van der Waals surface area (Å²) in [6.07, 6.45) is 0. The highest BCUT2D eigenvalue weighted by molar-refractivity contribution is 7.21. The number of anilines is 1.